The summed E-state index contributed by atoms with van der Waals surface area (Å²) < 4.78 is 5.18. The first-order chi connectivity index (χ1) is 10.2. The number of aromatic amines is 1. The van der Waals surface area contributed by atoms with Crippen LogP contribution in [0.2, 0.25) is 0 Å². The Balaban J connectivity index is 1.73. The molecule has 0 saturated heterocycles. The Morgan fingerprint density at radius 2 is 2.19 bits per heavy atom. The molecule has 3 aromatic rings. The van der Waals surface area contributed by atoms with E-state index in [4.69, 9.17) is 4.52 Å². The molecule has 1 amide bonds. The van der Waals surface area contributed by atoms with Gasteiger partial charge in [-0.1, -0.05) is 5.16 Å². The highest BCUT2D eigenvalue weighted by Crippen LogP contribution is 2.17. The van der Waals surface area contributed by atoms with Gasteiger partial charge in [0.15, 0.2) is 0 Å². The smallest absolute Gasteiger partial charge is 0.255 e. The van der Waals surface area contributed by atoms with Crippen LogP contribution in [0.1, 0.15) is 29.2 Å². The third-order valence-electron chi connectivity index (χ3n) is 2.86. The van der Waals surface area contributed by atoms with Crippen LogP contribution in [0, 0.1) is 0 Å². The molecule has 0 fully saturated rings. The van der Waals surface area contributed by atoms with Gasteiger partial charge in [0, 0.05) is 24.2 Å². The summed E-state index contributed by atoms with van der Waals surface area (Å²) in [7, 11) is 0. The van der Waals surface area contributed by atoms with E-state index in [1.165, 1.54) is 12.4 Å². The predicted octanol–water partition coefficient (Wildman–Crippen LogP) is 1.35. The van der Waals surface area contributed by atoms with E-state index in [0.717, 1.165) is 5.56 Å². The molecule has 21 heavy (non-hydrogen) atoms. The molecule has 8 nitrogen and oxygen atoms in total. The average Bonchev–Trinajstić information content (AvgIpc) is 3.20. The second-order valence-electron chi connectivity index (χ2n) is 4.37. The van der Waals surface area contributed by atoms with Gasteiger partial charge in [-0.3, -0.25) is 14.9 Å². The lowest BCUT2D eigenvalue weighted by atomic mass is 10.2. The van der Waals surface area contributed by atoms with E-state index < -0.39 is 6.04 Å². The number of nitrogens with one attached hydrogen (secondary N) is 2. The van der Waals surface area contributed by atoms with E-state index in [2.05, 4.69) is 30.6 Å². The highest BCUT2D eigenvalue weighted by atomic mass is 16.5. The van der Waals surface area contributed by atoms with Crippen LogP contribution in [0.4, 0.5) is 0 Å². The molecular formula is C13H12N6O2. The SMILES string of the molecule is C[C@H](NC(=O)c1cn[nH]c1)c1nc(-c2ccncc2)no1. The quantitative estimate of drug-likeness (QED) is 0.748. The van der Waals surface area contributed by atoms with Crippen molar-refractivity contribution < 1.29 is 9.32 Å². The molecule has 2 N–H and O–H groups in total. The van der Waals surface area contributed by atoms with E-state index in [9.17, 15) is 4.79 Å². The summed E-state index contributed by atoms with van der Waals surface area (Å²) in [5, 5.41) is 13.0. The lowest BCUT2D eigenvalue weighted by Gasteiger charge is -2.07. The maximum absolute atomic E-state index is 11.9. The summed E-state index contributed by atoms with van der Waals surface area (Å²) in [5.41, 5.74) is 1.24. The Morgan fingerprint density at radius 1 is 1.38 bits per heavy atom. The monoisotopic (exact) mass is 284 g/mol. The fraction of sp³-hybridized carbons (Fsp3) is 0.154. The van der Waals surface area contributed by atoms with E-state index in [1.807, 2.05) is 0 Å². The predicted molar refractivity (Wildman–Crippen MR) is 72.0 cm³/mol. The number of hydrogen-bond donors (Lipinski definition) is 2. The van der Waals surface area contributed by atoms with Gasteiger partial charge < -0.3 is 9.84 Å². The zero-order valence-corrected chi connectivity index (χ0v) is 11.1. The van der Waals surface area contributed by atoms with Crippen LogP contribution in [0.15, 0.2) is 41.4 Å². The fourth-order valence-electron chi connectivity index (χ4n) is 1.75. The first kappa shape index (κ1) is 13.0. The minimum Gasteiger partial charge on any atom is -0.340 e. The van der Waals surface area contributed by atoms with Crippen molar-refractivity contribution in [1.29, 1.82) is 0 Å². The van der Waals surface area contributed by atoms with E-state index in [0.29, 0.717) is 17.3 Å². The van der Waals surface area contributed by atoms with Gasteiger partial charge in [0.1, 0.15) is 6.04 Å². The van der Waals surface area contributed by atoms with Gasteiger partial charge >= 0.3 is 0 Å². The van der Waals surface area contributed by atoms with Gasteiger partial charge in [-0.25, -0.2) is 0 Å². The second-order valence-corrected chi connectivity index (χ2v) is 4.37. The van der Waals surface area contributed by atoms with Crippen LogP contribution in [0.25, 0.3) is 11.4 Å². The standard InChI is InChI=1S/C13H12N6O2/c1-8(17-12(20)10-6-15-16-7-10)13-18-11(19-21-13)9-2-4-14-5-3-9/h2-8H,1H3,(H,15,16)(H,17,20)/t8-/m0/s1. The van der Waals surface area contributed by atoms with E-state index in [-0.39, 0.29) is 5.91 Å². The topological polar surface area (TPSA) is 110 Å². The van der Waals surface area contributed by atoms with Gasteiger partial charge in [0.2, 0.25) is 11.7 Å². The average molecular weight is 284 g/mol. The van der Waals surface area contributed by atoms with Gasteiger partial charge in [0.05, 0.1) is 11.8 Å². The molecule has 106 valence electrons. The highest BCUT2D eigenvalue weighted by molar-refractivity contribution is 5.93. The molecule has 0 spiro atoms. The molecule has 3 aromatic heterocycles. The first-order valence-corrected chi connectivity index (χ1v) is 6.27. The summed E-state index contributed by atoms with van der Waals surface area (Å²) in [6.45, 7) is 1.77. The number of aromatic nitrogens is 5. The lowest BCUT2D eigenvalue weighted by molar-refractivity contribution is 0.0932. The Kier molecular flexibility index (Phi) is 3.42. The van der Waals surface area contributed by atoms with Crippen molar-refractivity contribution in [3.63, 3.8) is 0 Å². The second kappa shape index (κ2) is 5.53. The number of carbonyl (C=O) groups is 1. The molecule has 8 heteroatoms. The largest absolute Gasteiger partial charge is 0.340 e. The molecule has 0 radical (unpaired) electrons. The van der Waals surface area contributed by atoms with Crippen molar-refractivity contribution in [1.82, 2.24) is 30.6 Å². The van der Waals surface area contributed by atoms with Crippen molar-refractivity contribution in [3.8, 4) is 11.4 Å². The number of H-pyrrole nitrogens is 1. The maximum Gasteiger partial charge on any atom is 0.255 e. The Labute approximate surface area is 119 Å². The number of nitrogens with zero attached hydrogens (tertiary/aromatic N) is 4. The summed E-state index contributed by atoms with van der Waals surface area (Å²) in [5.74, 6) is 0.523. The van der Waals surface area contributed by atoms with E-state index in [1.54, 1.807) is 31.5 Å². The summed E-state index contributed by atoms with van der Waals surface area (Å²) in [6.07, 6.45) is 6.25. The summed E-state index contributed by atoms with van der Waals surface area (Å²) >= 11 is 0. The van der Waals surface area contributed by atoms with Gasteiger partial charge in [-0.05, 0) is 19.1 Å². The van der Waals surface area contributed by atoms with Crippen LogP contribution in [-0.4, -0.2) is 31.2 Å². The molecule has 0 bridgehead atoms. The maximum atomic E-state index is 11.9. The number of hydrogen-bond acceptors (Lipinski definition) is 6. The third-order valence-corrected chi connectivity index (χ3v) is 2.86. The number of rotatable bonds is 4. The van der Waals surface area contributed by atoms with Crippen molar-refractivity contribution in [2.75, 3.05) is 0 Å². The molecule has 3 rings (SSSR count). The molecule has 0 aromatic carbocycles. The normalized spacial score (nSPS) is 12.0. The number of amides is 1. The Morgan fingerprint density at radius 3 is 2.90 bits per heavy atom. The molecule has 0 unspecified atom stereocenters. The fourth-order valence-corrected chi connectivity index (χ4v) is 1.75. The molecule has 0 saturated carbocycles. The van der Waals surface area contributed by atoms with Crippen molar-refractivity contribution >= 4 is 5.91 Å². The molecule has 3 heterocycles. The van der Waals surface area contributed by atoms with Gasteiger partial charge in [-0.15, -0.1) is 0 Å². The molecule has 1 atom stereocenters. The van der Waals surface area contributed by atoms with Crippen LogP contribution in [-0.2, 0) is 0 Å². The zero-order chi connectivity index (χ0) is 14.7. The number of carbonyl (C=O) groups excluding carboxylic acids is 1. The van der Waals surface area contributed by atoms with Gasteiger partial charge in [-0.2, -0.15) is 10.1 Å². The summed E-state index contributed by atoms with van der Waals surface area (Å²) in [6, 6.07) is 3.16. The van der Waals surface area contributed by atoms with Gasteiger partial charge in [0.25, 0.3) is 5.91 Å². The number of pyridine rings is 1. The molecule has 0 aliphatic heterocycles. The van der Waals surface area contributed by atoms with Crippen LogP contribution in [0.5, 0.6) is 0 Å². The third kappa shape index (κ3) is 2.78. The summed E-state index contributed by atoms with van der Waals surface area (Å²) in [4.78, 5) is 20.1. The van der Waals surface area contributed by atoms with Crippen molar-refractivity contribution in [3.05, 3.63) is 48.4 Å². The van der Waals surface area contributed by atoms with Crippen molar-refractivity contribution in [2.45, 2.75) is 13.0 Å². The van der Waals surface area contributed by atoms with Crippen LogP contribution in [0.3, 0.4) is 0 Å². The highest BCUT2D eigenvalue weighted by Gasteiger charge is 2.18. The Hall–Kier alpha value is -3.03. The minimum atomic E-state index is -0.407. The molecule has 0 aliphatic rings. The van der Waals surface area contributed by atoms with E-state index >= 15 is 0 Å². The van der Waals surface area contributed by atoms with Crippen molar-refractivity contribution in [2.24, 2.45) is 0 Å². The van der Waals surface area contributed by atoms with Crippen LogP contribution < -0.4 is 5.32 Å². The zero-order valence-electron chi connectivity index (χ0n) is 11.1. The molecular weight excluding hydrogens is 272 g/mol. The van der Waals surface area contributed by atoms with Crippen LogP contribution >= 0.6 is 0 Å². The first-order valence-electron chi connectivity index (χ1n) is 6.27. The Bertz CT molecular complexity index is 722. The minimum absolute atomic E-state index is 0.264. The lowest BCUT2D eigenvalue weighted by Crippen LogP contribution is -2.26. The molecule has 0 aliphatic carbocycles.